The first kappa shape index (κ1) is 22.1. The molecular formula is C22H31N3O5S. The molecule has 1 aromatic carbocycles. The first-order chi connectivity index (χ1) is 14.8. The summed E-state index contributed by atoms with van der Waals surface area (Å²) in [5.41, 5.74) is 0.824. The molecule has 9 heteroatoms. The number of aromatic nitrogens is 1. The van der Waals surface area contributed by atoms with Gasteiger partial charge in [-0.15, -0.1) is 0 Å². The van der Waals surface area contributed by atoms with Gasteiger partial charge in [-0.25, -0.2) is 13.2 Å². The van der Waals surface area contributed by atoms with Crippen molar-refractivity contribution in [3.8, 4) is 0 Å². The van der Waals surface area contributed by atoms with E-state index in [2.05, 4.69) is 11.8 Å². The summed E-state index contributed by atoms with van der Waals surface area (Å²) >= 11 is 0. The number of piperidine rings is 2. The Morgan fingerprint density at radius 3 is 2.58 bits per heavy atom. The lowest BCUT2D eigenvalue weighted by Gasteiger charge is -2.37. The molecule has 2 aromatic rings. The number of fused-ring (bicyclic) bond motifs is 1. The van der Waals surface area contributed by atoms with Crippen LogP contribution in [0.3, 0.4) is 0 Å². The van der Waals surface area contributed by atoms with Crippen LogP contribution in [0.25, 0.3) is 11.1 Å². The third kappa shape index (κ3) is 4.30. The number of carbonyl (C=O) groups is 1. The van der Waals surface area contributed by atoms with Crippen molar-refractivity contribution in [2.24, 2.45) is 13.0 Å². The molecule has 1 atom stereocenters. The van der Waals surface area contributed by atoms with E-state index in [4.69, 9.17) is 4.42 Å². The van der Waals surface area contributed by atoms with Gasteiger partial charge in [-0.05, 0) is 56.6 Å². The third-order valence-electron chi connectivity index (χ3n) is 6.86. The van der Waals surface area contributed by atoms with E-state index in [0.29, 0.717) is 43.9 Å². The lowest BCUT2D eigenvalue weighted by Crippen LogP contribution is -2.45. The zero-order valence-electron chi connectivity index (χ0n) is 18.2. The second-order valence-corrected chi connectivity index (χ2v) is 10.7. The maximum Gasteiger partial charge on any atom is 0.419 e. The van der Waals surface area contributed by atoms with Crippen LogP contribution in [0, 0.1) is 5.92 Å². The van der Waals surface area contributed by atoms with Gasteiger partial charge in [0.1, 0.15) is 0 Å². The van der Waals surface area contributed by atoms with Crippen LogP contribution in [-0.2, 0) is 21.9 Å². The molecule has 170 valence electrons. The minimum absolute atomic E-state index is 0.128. The van der Waals surface area contributed by atoms with Crippen molar-refractivity contribution in [3.63, 3.8) is 0 Å². The number of benzene rings is 1. The molecule has 2 aliphatic rings. The summed E-state index contributed by atoms with van der Waals surface area (Å²) in [5.74, 6) is -0.0838. The van der Waals surface area contributed by atoms with Crippen molar-refractivity contribution in [3.05, 3.63) is 28.7 Å². The third-order valence-corrected chi connectivity index (χ3v) is 8.75. The lowest BCUT2D eigenvalue weighted by molar-refractivity contribution is -0.136. The van der Waals surface area contributed by atoms with Gasteiger partial charge in [0.05, 0.1) is 10.4 Å². The number of aryl methyl sites for hydroxylation is 1. The van der Waals surface area contributed by atoms with E-state index in [9.17, 15) is 18.0 Å². The van der Waals surface area contributed by atoms with E-state index in [0.717, 1.165) is 25.8 Å². The lowest BCUT2D eigenvalue weighted by atomic mass is 9.92. The number of sulfonamides is 1. The predicted octanol–water partition coefficient (Wildman–Crippen LogP) is 2.71. The summed E-state index contributed by atoms with van der Waals surface area (Å²) < 4.78 is 34.2. The molecule has 0 radical (unpaired) electrons. The Hall–Kier alpha value is -2.13. The number of oxazole rings is 1. The second-order valence-electron chi connectivity index (χ2n) is 8.75. The maximum atomic E-state index is 13.1. The summed E-state index contributed by atoms with van der Waals surface area (Å²) in [6.07, 6.45) is 6.21. The Morgan fingerprint density at radius 2 is 1.87 bits per heavy atom. The molecule has 2 saturated heterocycles. The highest BCUT2D eigenvalue weighted by Gasteiger charge is 2.32. The minimum Gasteiger partial charge on any atom is -0.408 e. The van der Waals surface area contributed by atoms with Crippen LogP contribution < -0.4 is 5.76 Å². The van der Waals surface area contributed by atoms with Crippen molar-refractivity contribution in [1.82, 2.24) is 13.8 Å². The second kappa shape index (κ2) is 8.78. The van der Waals surface area contributed by atoms with Gasteiger partial charge < -0.3 is 9.32 Å². The van der Waals surface area contributed by atoms with Crippen LogP contribution in [0.2, 0.25) is 0 Å². The summed E-state index contributed by atoms with van der Waals surface area (Å²) in [4.78, 5) is 26.7. The number of nitrogens with zero attached hydrogens (tertiary/aromatic N) is 3. The van der Waals surface area contributed by atoms with E-state index in [1.54, 1.807) is 13.1 Å². The molecule has 2 aliphatic heterocycles. The van der Waals surface area contributed by atoms with E-state index in [1.807, 2.05) is 0 Å². The number of carbonyl (C=O) groups excluding carboxylic acids is 1. The molecule has 8 nitrogen and oxygen atoms in total. The number of likely N-dealkylation sites (tertiary alicyclic amines) is 1. The minimum atomic E-state index is -3.68. The van der Waals surface area contributed by atoms with Crippen LogP contribution in [0.15, 0.2) is 32.3 Å². The van der Waals surface area contributed by atoms with Gasteiger partial charge in [0.2, 0.25) is 15.9 Å². The van der Waals surface area contributed by atoms with Crippen molar-refractivity contribution < 1.29 is 17.6 Å². The molecule has 4 rings (SSSR count). The zero-order valence-corrected chi connectivity index (χ0v) is 19.1. The molecule has 1 amide bonds. The Balaban J connectivity index is 1.40. The average molecular weight is 450 g/mol. The van der Waals surface area contributed by atoms with E-state index in [-0.39, 0.29) is 22.3 Å². The Morgan fingerprint density at radius 1 is 1.13 bits per heavy atom. The average Bonchev–Trinajstić information content (AvgIpc) is 3.07. The van der Waals surface area contributed by atoms with Gasteiger partial charge >= 0.3 is 5.76 Å². The molecule has 1 aromatic heterocycles. The molecule has 3 heterocycles. The highest BCUT2D eigenvalue weighted by Crippen LogP contribution is 2.29. The van der Waals surface area contributed by atoms with Crippen molar-refractivity contribution >= 4 is 27.0 Å². The maximum absolute atomic E-state index is 13.1. The molecule has 31 heavy (non-hydrogen) atoms. The fraction of sp³-hybridized carbons (Fsp3) is 0.636. The van der Waals surface area contributed by atoms with Crippen LogP contribution in [-0.4, -0.2) is 53.8 Å². The number of hydrogen-bond acceptors (Lipinski definition) is 5. The first-order valence-corrected chi connectivity index (χ1v) is 12.6. The molecule has 2 fully saturated rings. The fourth-order valence-electron chi connectivity index (χ4n) is 4.90. The van der Waals surface area contributed by atoms with Crippen LogP contribution in [0.1, 0.15) is 51.9 Å². The quantitative estimate of drug-likeness (QED) is 0.700. The van der Waals surface area contributed by atoms with Crippen molar-refractivity contribution in [1.29, 1.82) is 0 Å². The van der Waals surface area contributed by atoms with Gasteiger partial charge in [0, 0.05) is 45.2 Å². The van der Waals surface area contributed by atoms with E-state index < -0.39 is 15.8 Å². The molecule has 0 spiro atoms. The standard InChI is InChI=1S/C22H31N3O5S/c1-3-17-6-4-5-11-25(17)21(26)14-16-9-12-24(13-10-16)31(28,29)18-7-8-19-20(15-18)30-22(27)23(19)2/h7-8,15-17H,3-6,9-14H2,1-2H3. The highest BCUT2D eigenvalue weighted by molar-refractivity contribution is 7.89. The summed E-state index contributed by atoms with van der Waals surface area (Å²) in [7, 11) is -2.09. The fourth-order valence-corrected chi connectivity index (χ4v) is 6.38. The van der Waals surface area contributed by atoms with E-state index >= 15 is 0 Å². The summed E-state index contributed by atoms with van der Waals surface area (Å²) in [5, 5.41) is 0. The monoisotopic (exact) mass is 449 g/mol. The van der Waals surface area contributed by atoms with Gasteiger partial charge in [0.15, 0.2) is 5.58 Å². The molecule has 0 N–H and O–H groups in total. The van der Waals surface area contributed by atoms with E-state index in [1.165, 1.54) is 27.4 Å². The van der Waals surface area contributed by atoms with Crippen LogP contribution in [0.5, 0.6) is 0 Å². The topological polar surface area (TPSA) is 92.8 Å². The zero-order chi connectivity index (χ0) is 22.2. The molecule has 0 saturated carbocycles. The van der Waals surface area contributed by atoms with Crippen molar-refractivity contribution in [2.45, 2.75) is 62.8 Å². The molecule has 0 aliphatic carbocycles. The molecule has 1 unspecified atom stereocenters. The molecular weight excluding hydrogens is 418 g/mol. The first-order valence-electron chi connectivity index (χ1n) is 11.2. The SMILES string of the molecule is CCC1CCCCN1C(=O)CC1CCN(S(=O)(=O)c2ccc3c(c2)oc(=O)n3C)CC1. The number of hydrogen-bond donors (Lipinski definition) is 0. The Kier molecular flexibility index (Phi) is 6.25. The highest BCUT2D eigenvalue weighted by atomic mass is 32.2. The van der Waals surface area contributed by atoms with Gasteiger partial charge in [-0.3, -0.25) is 9.36 Å². The number of rotatable bonds is 5. The van der Waals surface area contributed by atoms with Gasteiger partial charge in [0.25, 0.3) is 0 Å². The normalized spacial score (nSPS) is 21.6. The van der Waals surface area contributed by atoms with Crippen LogP contribution in [0.4, 0.5) is 0 Å². The molecule has 0 bridgehead atoms. The predicted molar refractivity (Wildman–Crippen MR) is 117 cm³/mol. The largest absolute Gasteiger partial charge is 0.419 e. The van der Waals surface area contributed by atoms with Gasteiger partial charge in [-0.2, -0.15) is 4.31 Å². The summed E-state index contributed by atoms with van der Waals surface area (Å²) in [6.45, 7) is 3.78. The Labute approximate surface area is 182 Å². The Bertz CT molecular complexity index is 1110. The number of amides is 1. The van der Waals surface area contributed by atoms with Gasteiger partial charge in [-0.1, -0.05) is 6.92 Å². The van der Waals surface area contributed by atoms with Crippen molar-refractivity contribution in [2.75, 3.05) is 19.6 Å². The summed E-state index contributed by atoms with van der Waals surface area (Å²) in [6, 6.07) is 4.89. The smallest absolute Gasteiger partial charge is 0.408 e. The van der Waals surface area contributed by atoms with Crippen LogP contribution >= 0.6 is 0 Å².